The second-order valence-electron chi connectivity index (χ2n) is 4.56. The van der Waals surface area contributed by atoms with Gasteiger partial charge >= 0.3 is 0 Å². The Labute approximate surface area is 131 Å². The Morgan fingerprint density at radius 3 is 2.38 bits per heavy atom. The highest BCUT2D eigenvalue weighted by molar-refractivity contribution is 7.80. The van der Waals surface area contributed by atoms with Gasteiger partial charge in [-0.3, -0.25) is 0 Å². The Morgan fingerprint density at radius 1 is 1.00 bits per heavy atom. The average molecular weight is 300 g/mol. The van der Waals surface area contributed by atoms with E-state index in [4.69, 9.17) is 17.0 Å². The van der Waals surface area contributed by atoms with Crippen molar-refractivity contribution in [3.63, 3.8) is 0 Å². The van der Waals surface area contributed by atoms with Crippen molar-refractivity contribution in [2.45, 2.75) is 20.3 Å². The highest BCUT2D eigenvalue weighted by Crippen LogP contribution is 2.23. The summed E-state index contributed by atoms with van der Waals surface area (Å²) in [5.41, 5.74) is 3.14. The molecule has 0 aliphatic rings. The maximum Gasteiger partial charge on any atom is 0.175 e. The van der Waals surface area contributed by atoms with Crippen LogP contribution in [0.5, 0.6) is 5.75 Å². The molecule has 21 heavy (non-hydrogen) atoms. The summed E-state index contributed by atoms with van der Waals surface area (Å²) in [5, 5.41) is 6.89. The molecule has 0 aliphatic carbocycles. The van der Waals surface area contributed by atoms with Gasteiger partial charge in [0.2, 0.25) is 0 Å². The minimum atomic E-state index is 0.548. The van der Waals surface area contributed by atoms with Gasteiger partial charge in [-0.25, -0.2) is 0 Å². The van der Waals surface area contributed by atoms with Crippen LogP contribution in [0.1, 0.15) is 19.4 Å². The van der Waals surface area contributed by atoms with Crippen LogP contribution in [0.3, 0.4) is 0 Å². The second-order valence-corrected chi connectivity index (χ2v) is 4.97. The van der Waals surface area contributed by atoms with Crippen LogP contribution in [-0.4, -0.2) is 11.7 Å². The molecular weight excluding hydrogens is 280 g/mol. The third kappa shape index (κ3) is 4.46. The van der Waals surface area contributed by atoms with E-state index in [0.717, 1.165) is 23.5 Å². The maximum absolute atomic E-state index is 5.57. The van der Waals surface area contributed by atoms with Crippen molar-refractivity contribution >= 4 is 28.7 Å². The Kier molecular flexibility index (Phi) is 5.58. The van der Waals surface area contributed by atoms with Crippen molar-refractivity contribution in [2.75, 3.05) is 17.2 Å². The topological polar surface area (TPSA) is 33.3 Å². The van der Waals surface area contributed by atoms with Gasteiger partial charge in [0.25, 0.3) is 0 Å². The molecule has 0 unspecified atom stereocenters. The molecule has 0 atom stereocenters. The Morgan fingerprint density at radius 2 is 1.71 bits per heavy atom. The van der Waals surface area contributed by atoms with Crippen molar-refractivity contribution in [3.8, 4) is 5.75 Å². The Balaban J connectivity index is 2.01. The summed E-state index contributed by atoms with van der Waals surface area (Å²) in [4.78, 5) is 0. The van der Waals surface area contributed by atoms with E-state index in [1.54, 1.807) is 0 Å². The number of hydrogen-bond acceptors (Lipinski definition) is 2. The molecule has 0 spiro atoms. The first-order valence-electron chi connectivity index (χ1n) is 7.11. The summed E-state index contributed by atoms with van der Waals surface area (Å²) >= 11 is 5.35. The predicted octanol–water partition coefficient (Wildman–Crippen LogP) is 4.46. The summed E-state index contributed by atoms with van der Waals surface area (Å²) in [6, 6.07) is 16.0. The van der Waals surface area contributed by atoms with E-state index in [1.807, 2.05) is 43.3 Å². The largest absolute Gasteiger partial charge is 0.492 e. The third-order valence-electron chi connectivity index (χ3n) is 3.06. The third-order valence-corrected chi connectivity index (χ3v) is 3.26. The lowest BCUT2D eigenvalue weighted by molar-refractivity contribution is 0.342. The normalized spacial score (nSPS) is 10.0. The molecule has 0 aromatic heterocycles. The molecule has 4 heteroatoms. The quantitative estimate of drug-likeness (QED) is 0.799. The fraction of sp³-hybridized carbons (Fsp3) is 0.235. The van der Waals surface area contributed by atoms with Gasteiger partial charge < -0.3 is 15.4 Å². The van der Waals surface area contributed by atoms with Crippen LogP contribution in [0.2, 0.25) is 0 Å². The summed E-state index contributed by atoms with van der Waals surface area (Å²) < 4.78 is 5.57. The number of rotatable bonds is 5. The smallest absolute Gasteiger partial charge is 0.175 e. The molecule has 0 saturated carbocycles. The summed E-state index contributed by atoms with van der Waals surface area (Å²) in [7, 11) is 0. The van der Waals surface area contributed by atoms with E-state index in [-0.39, 0.29) is 0 Å². The molecular formula is C17H20N2OS. The van der Waals surface area contributed by atoms with Crippen molar-refractivity contribution in [1.82, 2.24) is 0 Å². The number of para-hydroxylation sites is 2. The molecule has 0 saturated heterocycles. The van der Waals surface area contributed by atoms with Crippen molar-refractivity contribution < 1.29 is 4.74 Å². The van der Waals surface area contributed by atoms with Crippen molar-refractivity contribution in [1.29, 1.82) is 0 Å². The standard InChI is InChI=1S/C17H20N2OS/c1-3-13-9-11-14(12-10-13)18-17(21)19-15-7-5-6-8-16(15)20-4-2/h5-12H,3-4H2,1-2H3,(H2,18,19,21). The number of benzene rings is 2. The zero-order valence-corrected chi connectivity index (χ0v) is 13.2. The van der Waals surface area contributed by atoms with Gasteiger partial charge in [-0.2, -0.15) is 0 Å². The van der Waals surface area contributed by atoms with E-state index in [2.05, 4.69) is 29.7 Å². The molecule has 0 radical (unpaired) electrons. The fourth-order valence-corrected chi connectivity index (χ4v) is 2.19. The van der Waals surface area contributed by atoms with Gasteiger partial charge in [0.05, 0.1) is 12.3 Å². The van der Waals surface area contributed by atoms with E-state index < -0.39 is 0 Å². The van der Waals surface area contributed by atoms with Gasteiger partial charge in [-0.1, -0.05) is 31.2 Å². The molecule has 0 aliphatic heterocycles. The lowest BCUT2D eigenvalue weighted by Crippen LogP contribution is -2.19. The number of anilines is 2. The number of aryl methyl sites for hydroxylation is 1. The van der Waals surface area contributed by atoms with E-state index >= 15 is 0 Å². The second kappa shape index (κ2) is 7.64. The Bertz CT molecular complexity index is 596. The fourth-order valence-electron chi connectivity index (χ4n) is 1.96. The molecule has 110 valence electrons. The summed E-state index contributed by atoms with van der Waals surface area (Å²) in [5.74, 6) is 0.797. The molecule has 2 aromatic carbocycles. The molecule has 0 bridgehead atoms. The van der Waals surface area contributed by atoms with Crippen molar-refractivity contribution in [2.24, 2.45) is 0 Å². The molecule has 2 N–H and O–H groups in total. The maximum atomic E-state index is 5.57. The zero-order valence-electron chi connectivity index (χ0n) is 12.3. The van der Waals surface area contributed by atoms with E-state index in [1.165, 1.54) is 5.56 Å². The van der Waals surface area contributed by atoms with Gasteiger partial charge in [-0.15, -0.1) is 0 Å². The van der Waals surface area contributed by atoms with Gasteiger partial charge in [-0.05, 0) is 55.4 Å². The molecule has 0 heterocycles. The highest BCUT2D eigenvalue weighted by Gasteiger charge is 2.04. The zero-order chi connectivity index (χ0) is 15.1. The van der Waals surface area contributed by atoms with Crippen LogP contribution in [0.25, 0.3) is 0 Å². The minimum Gasteiger partial charge on any atom is -0.492 e. The first-order valence-corrected chi connectivity index (χ1v) is 7.52. The predicted molar refractivity (Wildman–Crippen MR) is 93.3 cm³/mol. The van der Waals surface area contributed by atoms with Gasteiger partial charge in [0, 0.05) is 5.69 Å². The lowest BCUT2D eigenvalue weighted by Gasteiger charge is -2.14. The summed E-state index contributed by atoms with van der Waals surface area (Å²) in [6.07, 6.45) is 1.03. The van der Waals surface area contributed by atoms with E-state index in [0.29, 0.717) is 11.7 Å². The number of nitrogens with one attached hydrogen (secondary N) is 2. The minimum absolute atomic E-state index is 0.548. The van der Waals surface area contributed by atoms with Crippen LogP contribution >= 0.6 is 12.2 Å². The summed E-state index contributed by atoms with van der Waals surface area (Å²) in [6.45, 7) is 4.72. The van der Waals surface area contributed by atoms with Crippen molar-refractivity contribution in [3.05, 3.63) is 54.1 Å². The van der Waals surface area contributed by atoms with Crippen LogP contribution in [0.4, 0.5) is 11.4 Å². The monoisotopic (exact) mass is 300 g/mol. The first-order chi connectivity index (χ1) is 10.2. The number of thiocarbonyl (C=S) groups is 1. The molecule has 3 nitrogen and oxygen atoms in total. The van der Waals surface area contributed by atoms with Crippen LogP contribution < -0.4 is 15.4 Å². The van der Waals surface area contributed by atoms with E-state index in [9.17, 15) is 0 Å². The number of hydrogen-bond donors (Lipinski definition) is 2. The van der Waals surface area contributed by atoms with Crippen LogP contribution in [-0.2, 0) is 6.42 Å². The highest BCUT2D eigenvalue weighted by atomic mass is 32.1. The van der Waals surface area contributed by atoms with Crippen LogP contribution in [0, 0.1) is 0 Å². The SMILES string of the molecule is CCOc1ccccc1NC(=S)Nc1ccc(CC)cc1. The molecule has 2 rings (SSSR count). The average Bonchev–Trinajstić information content (AvgIpc) is 2.50. The lowest BCUT2D eigenvalue weighted by atomic mass is 10.1. The van der Waals surface area contributed by atoms with Gasteiger partial charge in [0.15, 0.2) is 5.11 Å². The van der Waals surface area contributed by atoms with Gasteiger partial charge in [0.1, 0.15) is 5.75 Å². The first kappa shape index (κ1) is 15.3. The van der Waals surface area contributed by atoms with Crippen LogP contribution in [0.15, 0.2) is 48.5 Å². The molecule has 0 fully saturated rings. The Hall–Kier alpha value is -2.07. The molecule has 2 aromatic rings. The number of ether oxygens (including phenoxy) is 1. The molecule has 0 amide bonds.